The number of hydrogen-bond acceptors (Lipinski definition) is 4. The molecule has 2 rings (SSSR count). The number of hydrogen-bond donors (Lipinski definition) is 3. The van der Waals surface area contributed by atoms with Crippen molar-refractivity contribution in [2.75, 3.05) is 12.8 Å². The molecule has 0 saturated carbocycles. The van der Waals surface area contributed by atoms with E-state index in [0.29, 0.717) is 5.75 Å². The van der Waals surface area contributed by atoms with Gasteiger partial charge in [-0.2, -0.15) is 5.10 Å². The number of carbonyl (C=O) groups is 1. The van der Waals surface area contributed by atoms with Crippen molar-refractivity contribution < 1.29 is 19.0 Å². The van der Waals surface area contributed by atoms with Crippen LogP contribution in [0.4, 0.5) is 10.2 Å². The second-order valence-corrected chi connectivity index (χ2v) is 3.51. The van der Waals surface area contributed by atoms with Gasteiger partial charge in [0, 0.05) is 5.56 Å². The number of aromatic amines is 1. The number of rotatable bonds is 3. The lowest BCUT2D eigenvalue weighted by atomic mass is 10.0. The highest BCUT2D eigenvalue weighted by atomic mass is 19.1. The third-order valence-corrected chi connectivity index (χ3v) is 2.44. The molecule has 2 aromatic rings. The maximum atomic E-state index is 13.3. The van der Waals surface area contributed by atoms with Crippen LogP contribution >= 0.6 is 0 Å². The lowest BCUT2D eigenvalue weighted by Gasteiger charge is -2.08. The first-order chi connectivity index (χ1) is 8.54. The molecule has 6 nitrogen and oxygen atoms in total. The van der Waals surface area contributed by atoms with Gasteiger partial charge < -0.3 is 15.6 Å². The summed E-state index contributed by atoms with van der Waals surface area (Å²) in [4.78, 5) is 11.0. The Kier molecular flexibility index (Phi) is 2.88. The number of nitrogens with zero attached hydrogens (tertiary/aromatic N) is 1. The number of ether oxygens (including phenoxy) is 1. The largest absolute Gasteiger partial charge is 0.496 e. The number of halogens is 1. The van der Waals surface area contributed by atoms with Crippen molar-refractivity contribution in [1.82, 2.24) is 10.2 Å². The summed E-state index contributed by atoms with van der Waals surface area (Å²) in [7, 11) is 1.40. The number of anilines is 1. The van der Waals surface area contributed by atoms with Gasteiger partial charge in [-0.1, -0.05) is 0 Å². The van der Waals surface area contributed by atoms with Crippen molar-refractivity contribution in [2.45, 2.75) is 0 Å². The Morgan fingerprint density at radius 1 is 1.56 bits per heavy atom. The average molecular weight is 251 g/mol. The molecule has 0 atom stereocenters. The van der Waals surface area contributed by atoms with E-state index in [2.05, 4.69) is 10.2 Å². The van der Waals surface area contributed by atoms with Gasteiger partial charge in [0.2, 0.25) is 0 Å². The zero-order valence-corrected chi connectivity index (χ0v) is 9.40. The standard InChI is InChI=1S/C11H10FN3O3/c1-18-7-3-2-5(12)4-6(7)8-9(11(16)17)14-15-10(8)13/h2-4H,1H3,(H,16,17)(H3,13,14,15). The molecular weight excluding hydrogens is 241 g/mol. The molecule has 1 aromatic carbocycles. The van der Waals surface area contributed by atoms with Crippen molar-refractivity contribution >= 4 is 11.8 Å². The Bertz CT molecular complexity index is 610. The molecule has 0 aliphatic carbocycles. The summed E-state index contributed by atoms with van der Waals surface area (Å²) in [6, 6.07) is 3.74. The van der Waals surface area contributed by atoms with E-state index in [4.69, 9.17) is 15.6 Å². The molecular formula is C11H10FN3O3. The number of carboxylic acids is 1. The Balaban J connectivity index is 2.71. The number of nitrogens with two attached hydrogens (primary N) is 1. The van der Waals surface area contributed by atoms with Crippen LogP contribution in [-0.2, 0) is 0 Å². The van der Waals surface area contributed by atoms with E-state index in [1.165, 1.54) is 19.2 Å². The highest BCUT2D eigenvalue weighted by Crippen LogP contribution is 2.35. The lowest BCUT2D eigenvalue weighted by Crippen LogP contribution is -2.01. The van der Waals surface area contributed by atoms with Crippen LogP contribution in [0.15, 0.2) is 18.2 Å². The first-order valence-corrected chi connectivity index (χ1v) is 4.95. The molecule has 0 saturated heterocycles. The van der Waals surface area contributed by atoms with E-state index in [1.807, 2.05) is 0 Å². The smallest absolute Gasteiger partial charge is 0.354 e. The van der Waals surface area contributed by atoms with E-state index in [1.54, 1.807) is 0 Å². The summed E-state index contributed by atoms with van der Waals surface area (Å²) >= 11 is 0. The summed E-state index contributed by atoms with van der Waals surface area (Å²) in [6.07, 6.45) is 0. The quantitative estimate of drug-likeness (QED) is 0.767. The van der Waals surface area contributed by atoms with Gasteiger partial charge in [0.15, 0.2) is 11.5 Å². The van der Waals surface area contributed by atoms with E-state index in [9.17, 15) is 9.18 Å². The number of H-pyrrole nitrogens is 1. The third kappa shape index (κ3) is 1.86. The zero-order valence-electron chi connectivity index (χ0n) is 9.40. The molecule has 1 heterocycles. The van der Waals surface area contributed by atoms with Gasteiger partial charge in [0.25, 0.3) is 0 Å². The van der Waals surface area contributed by atoms with Gasteiger partial charge in [-0.05, 0) is 18.2 Å². The van der Waals surface area contributed by atoms with E-state index < -0.39 is 11.8 Å². The van der Waals surface area contributed by atoms with E-state index in [-0.39, 0.29) is 22.6 Å². The number of nitrogens with one attached hydrogen (secondary N) is 1. The predicted molar refractivity (Wildman–Crippen MR) is 61.9 cm³/mol. The van der Waals surface area contributed by atoms with Crippen molar-refractivity contribution in [3.05, 3.63) is 29.7 Å². The molecule has 18 heavy (non-hydrogen) atoms. The first kappa shape index (κ1) is 11.9. The lowest BCUT2D eigenvalue weighted by molar-refractivity contribution is 0.0691. The normalized spacial score (nSPS) is 10.3. The number of aromatic carboxylic acids is 1. The maximum Gasteiger partial charge on any atom is 0.354 e. The monoisotopic (exact) mass is 251 g/mol. The van der Waals surface area contributed by atoms with Gasteiger partial charge in [0.05, 0.1) is 12.7 Å². The topological polar surface area (TPSA) is 101 Å². The number of benzene rings is 1. The number of carboxylic acid groups (broad SMARTS) is 1. The molecule has 94 valence electrons. The number of methoxy groups -OCH3 is 1. The van der Waals surface area contributed by atoms with Crippen molar-refractivity contribution in [3.8, 4) is 16.9 Å². The Morgan fingerprint density at radius 3 is 2.89 bits per heavy atom. The van der Waals surface area contributed by atoms with Gasteiger partial charge in [-0.3, -0.25) is 5.10 Å². The van der Waals surface area contributed by atoms with Gasteiger partial charge in [-0.25, -0.2) is 9.18 Å². The van der Waals surface area contributed by atoms with E-state index in [0.717, 1.165) is 6.07 Å². The summed E-state index contributed by atoms with van der Waals surface area (Å²) in [5.41, 5.74) is 5.74. The highest BCUT2D eigenvalue weighted by Gasteiger charge is 2.21. The van der Waals surface area contributed by atoms with Crippen LogP contribution < -0.4 is 10.5 Å². The molecule has 0 bridgehead atoms. The molecule has 0 aliphatic rings. The van der Waals surface area contributed by atoms with Crippen LogP contribution in [0.3, 0.4) is 0 Å². The molecule has 1 aromatic heterocycles. The van der Waals surface area contributed by atoms with Crippen LogP contribution in [0.25, 0.3) is 11.1 Å². The van der Waals surface area contributed by atoms with E-state index >= 15 is 0 Å². The molecule has 4 N–H and O–H groups in total. The van der Waals surface area contributed by atoms with Crippen LogP contribution in [-0.4, -0.2) is 28.4 Å². The predicted octanol–water partition coefficient (Wildman–Crippen LogP) is 1.50. The van der Waals surface area contributed by atoms with Crippen LogP contribution in [0, 0.1) is 5.82 Å². The second kappa shape index (κ2) is 4.36. The Morgan fingerprint density at radius 2 is 2.28 bits per heavy atom. The molecule has 0 unspecified atom stereocenters. The van der Waals surface area contributed by atoms with Crippen LogP contribution in [0.1, 0.15) is 10.5 Å². The van der Waals surface area contributed by atoms with Crippen molar-refractivity contribution in [2.24, 2.45) is 0 Å². The fourth-order valence-electron chi connectivity index (χ4n) is 1.66. The summed E-state index contributed by atoms with van der Waals surface area (Å²) in [6.45, 7) is 0. The second-order valence-electron chi connectivity index (χ2n) is 3.51. The van der Waals surface area contributed by atoms with Crippen molar-refractivity contribution in [1.29, 1.82) is 0 Å². The van der Waals surface area contributed by atoms with Crippen molar-refractivity contribution in [3.63, 3.8) is 0 Å². The zero-order chi connectivity index (χ0) is 13.3. The first-order valence-electron chi connectivity index (χ1n) is 4.95. The maximum absolute atomic E-state index is 13.3. The minimum Gasteiger partial charge on any atom is -0.496 e. The van der Waals surface area contributed by atoms with Gasteiger partial charge >= 0.3 is 5.97 Å². The average Bonchev–Trinajstić information content (AvgIpc) is 2.71. The summed E-state index contributed by atoms with van der Waals surface area (Å²) < 4.78 is 18.3. The number of aromatic nitrogens is 2. The summed E-state index contributed by atoms with van der Waals surface area (Å²) in [5, 5.41) is 14.9. The molecule has 0 amide bonds. The fourth-order valence-corrected chi connectivity index (χ4v) is 1.66. The minimum atomic E-state index is -1.24. The van der Waals surface area contributed by atoms with Gasteiger partial charge in [-0.15, -0.1) is 0 Å². The van der Waals surface area contributed by atoms with Crippen LogP contribution in [0.2, 0.25) is 0 Å². The molecule has 0 radical (unpaired) electrons. The fraction of sp³-hybridized carbons (Fsp3) is 0.0909. The minimum absolute atomic E-state index is 0.0312. The highest BCUT2D eigenvalue weighted by molar-refractivity contribution is 5.98. The molecule has 0 fully saturated rings. The van der Waals surface area contributed by atoms with Crippen LogP contribution in [0.5, 0.6) is 5.75 Å². The summed E-state index contributed by atoms with van der Waals surface area (Å²) in [5.74, 6) is -1.48. The molecule has 7 heteroatoms. The Hall–Kier alpha value is -2.57. The van der Waals surface area contributed by atoms with Gasteiger partial charge in [0.1, 0.15) is 11.6 Å². The third-order valence-electron chi connectivity index (χ3n) is 2.44. The number of nitrogen functional groups attached to an aromatic ring is 1. The Labute approximate surface area is 101 Å². The molecule has 0 spiro atoms. The SMILES string of the molecule is COc1ccc(F)cc1-c1c(N)n[nH]c1C(=O)O. The molecule has 0 aliphatic heterocycles.